The first-order valence-corrected chi connectivity index (χ1v) is 5.02. The van der Waals surface area contributed by atoms with Crippen molar-refractivity contribution in [2.45, 2.75) is 12.1 Å². The SMILES string of the molecule is O=C(N[C@@H]1CNC[C@H]1O)c1ccccc1. The van der Waals surface area contributed by atoms with E-state index in [1.165, 1.54) is 0 Å². The van der Waals surface area contributed by atoms with Crippen molar-refractivity contribution in [3.8, 4) is 0 Å². The van der Waals surface area contributed by atoms with Crippen LogP contribution in [0.5, 0.6) is 0 Å². The molecule has 1 aliphatic rings. The van der Waals surface area contributed by atoms with E-state index in [9.17, 15) is 9.90 Å². The first-order chi connectivity index (χ1) is 7.27. The minimum Gasteiger partial charge on any atom is -0.390 e. The number of benzene rings is 1. The monoisotopic (exact) mass is 206 g/mol. The fourth-order valence-electron chi connectivity index (χ4n) is 1.65. The maximum Gasteiger partial charge on any atom is 0.251 e. The first kappa shape index (κ1) is 10.1. The number of amides is 1. The Labute approximate surface area is 88.3 Å². The van der Waals surface area contributed by atoms with Crippen molar-refractivity contribution in [2.24, 2.45) is 0 Å². The van der Waals surface area contributed by atoms with E-state index in [2.05, 4.69) is 10.6 Å². The Bertz CT molecular complexity index is 340. The number of hydrogen-bond donors (Lipinski definition) is 3. The zero-order chi connectivity index (χ0) is 10.7. The van der Waals surface area contributed by atoms with Gasteiger partial charge in [0.05, 0.1) is 12.1 Å². The predicted molar refractivity (Wildman–Crippen MR) is 56.6 cm³/mol. The summed E-state index contributed by atoms with van der Waals surface area (Å²) in [5.41, 5.74) is 0.622. The van der Waals surface area contributed by atoms with Crippen molar-refractivity contribution < 1.29 is 9.90 Å². The Morgan fingerprint density at radius 3 is 2.67 bits per heavy atom. The van der Waals surface area contributed by atoms with Gasteiger partial charge in [-0.15, -0.1) is 0 Å². The van der Waals surface area contributed by atoms with Crippen LogP contribution in [-0.4, -0.2) is 36.2 Å². The fraction of sp³-hybridized carbons (Fsp3) is 0.364. The number of nitrogens with one attached hydrogen (secondary N) is 2. The average molecular weight is 206 g/mol. The Morgan fingerprint density at radius 2 is 2.07 bits per heavy atom. The molecule has 3 N–H and O–H groups in total. The summed E-state index contributed by atoms with van der Waals surface area (Å²) in [6.07, 6.45) is -0.488. The van der Waals surface area contributed by atoms with E-state index in [4.69, 9.17) is 0 Å². The molecule has 1 heterocycles. The van der Waals surface area contributed by atoms with Crippen molar-refractivity contribution in [1.82, 2.24) is 10.6 Å². The molecular formula is C11H14N2O2. The summed E-state index contributed by atoms with van der Waals surface area (Å²) in [7, 11) is 0. The summed E-state index contributed by atoms with van der Waals surface area (Å²) in [4.78, 5) is 11.7. The van der Waals surface area contributed by atoms with Crippen molar-refractivity contribution in [3.05, 3.63) is 35.9 Å². The Morgan fingerprint density at radius 1 is 1.33 bits per heavy atom. The van der Waals surface area contributed by atoms with Gasteiger partial charge in [-0.2, -0.15) is 0 Å². The number of carbonyl (C=O) groups is 1. The molecule has 15 heavy (non-hydrogen) atoms. The van der Waals surface area contributed by atoms with E-state index in [1.807, 2.05) is 18.2 Å². The quantitative estimate of drug-likeness (QED) is 0.625. The third-order valence-electron chi connectivity index (χ3n) is 2.53. The molecule has 1 amide bonds. The van der Waals surface area contributed by atoms with Gasteiger partial charge >= 0.3 is 0 Å². The highest BCUT2D eigenvalue weighted by molar-refractivity contribution is 5.94. The van der Waals surface area contributed by atoms with Gasteiger partial charge in [0.1, 0.15) is 0 Å². The second-order valence-electron chi connectivity index (χ2n) is 3.67. The lowest BCUT2D eigenvalue weighted by Gasteiger charge is -2.15. The Hall–Kier alpha value is -1.39. The molecule has 0 unspecified atom stereocenters. The van der Waals surface area contributed by atoms with E-state index in [0.29, 0.717) is 18.7 Å². The van der Waals surface area contributed by atoms with Gasteiger partial charge in [0.15, 0.2) is 0 Å². The van der Waals surface area contributed by atoms with Crippen LogP contribution in [0.15, 0.2) is 30.3 Å². The summed E-state index contributed by atoms with van der Waals surface area (Å²) >= 11 is 0. The molecule has 0 aliphatic carbocycles. The minimum absolute atomic E-state index is 0.136. The molecule has 80 valence electrons. The van der Waals surface area contributed by atoms with Gasteiger partial charge in [0.25, 0.3) is 5.91 Å². The van der Waals surface area contributed by atoms with Gasteiger partial charge in [-0.25, -0.2) is 0 Å². The maximum absolute atomic E-state index is 11.7. The van der Waals surface area contributed by atoms with Gasteiger partial charge in [-0.1, -0.05) is 18.2 Å². The second-order valence-corrected chi connectivity index (χ2v) is 3.67. The number of rotatable bonds is 2. The molecule has 2 rings (SSSR count). The average Bonchev–Trinajstić information content (AvgIpc) is 2.66. The molecule has 0 bridgehead atoms. The minimum atomic E-state index is -0.488. The summed E-state index contributed by atoms with van der Waals surface area (Å²) in [6.45, 7) is 1.17. The molecule has 0 radical (unpaired) electrons. The molecule has 1 fully saturated rings. The number of carbonyl (C=O) groups excluding carboxylic acids is 1. The van der Waals surface area contributed by atoms with Crippen molar-refractivity contribution in [1.29, 1.82) is 0 Å². The molecule has 1 aromatic carbocycles. The van der Waals surface area contributed by atoms with E-state index in [0.717, 1.165) is 0 Å². The predicted octanol–water partition coefficient (Wildman–Crippen LogP) is -0.251. The van der Waals surface area contributed by atoms with Crippen molar-refractivity contribution in [2.75, 3.05) is 13.1 Å². The van der Waals surface area contributed by atoms with Crippen LogP contribution in [-0.2, 0) is 0 Å². The molecule has 0 saturated carbocycles. The van der Waals surface area contributed by atoms with E-state index >= 15 is 0 Å². The van der Waals surface area contributed by atoms with Crippen molar-refractivity contribution in [3.63, 3.8) is 0 Å². The summed E-state index contributed by atoms with van der Waals surface area (Å²) < 4.78 is 0. The Balaban J connectivity index is 1.98. The summed E-state index contributed by atoms with van der Waals surface area (Å²) in [5, 5.41) is 15.3. The zero-order valence-electron chi connectivity index (χ0n) is 8.31. The van der Waals surface area contributed by atoms with Gasteiger partial charge in [0, 0.05) is 18.7 Å². The maximum atomic E-state index is 11.7. The highest BCUT2D eigenvalue weighted by Gasteiger charge is 2.26. The normalized spacial score (nSPS) is 25.1. The molecule has 0 spiro atoms. The van der Waals surface area contributed by atoms with Crippen LogP contribution in [0.25, 0.3) is 0 Å². The molecular weight excluding hydrogens is 192 g/mol. The lowest BCUT2D eigenvalue weighted by Crippen LogP contribution is -2.42. The third kappa shape index (κ3) is 2.34. The second kappa shape index (κ2) is 4.42. The molecule has 1 aromatic rings. The van der Waals surface area contributed by atoms with Crippen LogP contribution >= 0.6 is 0 Å². The third-order valence-corrected chi connectivity index (χ3v) is 2.53. The van der Waals surface area contributed by atoms with Crippen molar-refractivity contribution >= 4 is 5.91 Å². The summed E-state index contributed by atoms with van der Waals surface area (Å²) in [5.74, 6) is -0.136. The first-order valence-electron chi connectivity index (χ1n) is 5.02. The molecule has 0 aromatic heterocycles. The highest BCUT2D eigenvalue weighted by atomic mass is 16.3. The van der Waals surface area contributed by atoms with Crippen LogP contribution in [0.3, 0.4) is 0 Å². The zero-order valence-corrected chi connectivity index (χ0v) is 8.31. The Kier molecular flexibility index (Phi) is 2.99. The van der Waals surface area contributed by atoms with E-state index < -0.39 is 6.10 Å². The standard InChI is InChI=1S/C11H14N2O2/c14-10-7-12-6-9(10)13-11(15)8-4-2-1-3-5-8/h1-5,9-10,12,14H,6-7H2,(H,13,15)/t9-,10-/m1/s1. The van der Waals surface area contributed by atoms with Crippen LogP contribution in [0, 0.1) is 0 Å². The smallest absolute Gasteiger partial charge is 0.251 e. The molecule has 4 nitrogen and oxygen atoms in total. The van der Waals surface area contributed by atoms with Gasteiger partial charge < -0.3 is 15.7 Å². The lowest BCUT2D eigenvalue weighted by atomic mass is 10.1. The van der Waals surface area contributed by atoms with Crippen LogP contribution < -0.4 is 10.6 Å². The molecule has 1 aliphatic heterocycles. The number of aliphatic hydroxyl groups is 1. The highest BCUT2D eigenvalue weighted by Crippen LogP contribution is 2.03. The number of hydrogen-bond acceptors (Lipinski definition) is 3. The van der Waals surface area contributed by atoms with Crippen LogP contribution in [0.2, 0.25) is 0 Å². The van der Waals surface area contributed by atoms with Gasteiger partial charge in [-0.3, -0.25) is 4.79 Å². The van der Waals surface area contributed by atoms with Gasteiger partial charge in [-0.05, 0) is 12.1 Å². The van der Waals surface area contributed by atoms with Crippen LogP contribution in [0.4, 0.5) is 0 Å². The fourth-order valence-corrected chi connectivity index (χ4v) is 1.65. The molecule has 2 atom stereocenters. The van der Waals surface area contributed by atoms with Crippen LogP contribution in [0.1, 0.15) is 10.4 Å². The number of β-amino-alcohol motifs (C(OH)–C–C–N with tert-alkyl or cyclic N) is 1. The van der Waals surface area contributed by atoms with E-state index in [-0.39, 0.29) is 11.9 Å². The topological polar surface area (TPSA) is 61.4 Å². The lowest BCUT2D eigenvalue weighted by molar-refractivity contribution is 0.0888. The van der Waals surface area contributed by atoms with E-state index in [1.54, 1.807) is 12.1 Å². The summed E-state index contributed by atoms with van der Waals surface area (Å²) in [6, 6.07) is 8.82. The largest absolute Gasteiger partial charge is 0.390 e. The van der Waals surface area contributed by atoms with Gasteiger partial charge in [0.2, 0.25) is 0 Å². The number of aliphatic hydroxyl groups excluding tert-OH is 1. The molecule has 4 heteroatoms. The molecule has 1 saturated heterocycles.